The second-order valence-corrected chi connectivity index (χ2v) is 9.63. The van der Waals surface area contributed by atoms with Crippen molar-refractivity contribution in [3.63, 3.8) is 0 Å². The van der Waals surface area contributed by atoms with Gasteiger partial charge in [-0.3, -0.25) is 0 Å². The Hall–Kier alpha value is -2.17. The normalized spacial score (nSPS) is 27.9. The maximum absolute atomic E-state index is 10.7. The van der Waals surface area contributed by atoms with E-state index in [1.165, 1.54) is 0 Å². The van der Waals surface area contributed by atoms with Gasteiger partial charge in [0.15, 0.2) is 6.23 Å². The van der Waals surface area contributed by atoms with Crippen LogP contribution in [0.3, 0.4) is 0 Å². The molecule has 3 heterocycles. The maximum atomic E-state index is 10.7. The molecule has 0 saturated carbocycles. The van der Waals surface area contributed by atoms with Crippen LogP contribution >= 0.6 is 11.6 Å². The number of halogens is 1. The number of hydrogen-bond donors (Lipinski definition) is 4. The van der Waals surface area contributed by atoms with Gasteiger partial charge in [-0.15, -0.1) is 0 Å². The van der Waals surface area contributed by atoms with Crippen molar-refractivity contribution in [1.29, 1.82) is 0 Å². The molecule has 9 heteroatoms. The molecule has 2 saturated heterocycles. The molecule has 0 bridgehead atoms. The van der Waals surface area contributed by atoms with Crippen LogP contribution in [-0.2, 0) is 15.9 Å². The highest BCUT2D eigenvalue weighted by Gasteiger charge is 2.44. The number of nitrogens with zero attached hydrogens (tertiary/aromatic N) is 1. The Morgan fingerprint density at radius 1 is 0.971 bits per heavy atom. The molecule has 0 radical (unpaired) electrons. The third-order valence-corrected chi connectivity index (χ3v) is 7.04. The minimum Gasteiger partial charge on any atom is -0.490 e. The zero-order chi connectivity index (χ0) is 24.5. The molecule has 2 aromatic carbocycles. The number of fused-ring (bicyclic) bond motifs is 1. The lowest BCUT2D eigenvalue weighted by molar-refractivity contribution is -0.250. The van der Waals surface area contributed by atoms with Crippen molar-refractivity contribution in [3.8, 4) is 5.75 Å². The molecule has 188 valence electrons. The average Bonchev–Trinajstić information content (AvgIpc) is 3.21. The van der Waals surface area contributed by atoms with Gasteiger partial charge in [-0.05, 0) is 41.8 Å². The molecule has 0 aliphatic carbocycles. The Kier molecular flexibility index (Phi) is 7.31. The lowest BCUT2D eigenvalue weighted by atomic mass is 9.98. The first kappa shape index (κ1) is 24.5. The standard InChI is InChI=1S/C26H30ClNO7/c27-17-3-6-20-16(11-15-1-4-18(5-2-15)34-19-7-9-33-10-8-19)13-28(21(20)12-17)26-25(32)24(31)23(30)22(14-29)35-26/h1-6,12-13,19,22-26,29-32H,7-11,14H2/t22-,23-,24+,25-,26-/m1/s1. The van der Waals surface area contributed by atoms with Gasteiger partial charge in [-0.1, -0.05) is 29.8 Å². The molecule has 3 aromatic rings. The maximum Gasteiger partial charge on any atom is 0.163 e. The first-order valence-electron chi connectivity index (χ1n) is 11.9. The van der Waals surface area contributed by atoms with Gasteiger partial charge in [0.25, 0.3) is 0 Å². The molecule has 1 aromatic heterocycles. The van der Waals surface area contributed by atoms with Gasteiger partial charge in [0.05, 0.1) is 25.3 Å². The van der Waals surface area contributed by atoms with Crippen LogP contribution in [0.25, 0.3) is 10.9 Å². The van der Waals surface area contributed by atoms with Crippen molar-refractivity contribution in [2.45, 2.75) is 56.0 Å². The van der Waals surface area contributed by atoms with Crippen LogP contribution in [0, 0.1) is 0 Å². The number of hydrogen-bond acceptors (Lipinski definition) is 7. The van der Waals surface area contributed by atoms with E-state index >= 15 is 0 Å². The minimum absolute atomic E-state index is 0.177. The fourth-order valence-corrected chi connectivity index (χ4v) is 5.02. The van der Waals surface area contributed by atoms with E-state index in [4.69, 9.17) is 25.8 Å². The predicted octanol–water partition coefficient (Wildman–Crippen LogP) is 2.42. The van der Waals surface area contributed by atoms with E-state index in [1.807, 2.05) is 36.5 Å². The summed E-state index contributed by atoms with van der Waals surface area (Å²) in [6.45, 7) is 0.965. The zero-order valence-electron chi connectivity index (χ0n) is 19.2. The van der Waals surface area contributed by atoms with Gasteiger partial charge in [0.2, 0.25) is 0 Å². The second-order valence-electron chi connectivity index (χ2n) is 9.19. The van der Waals surface area contributed by atoms with Crippen LogP contribution in [0.4, 0.5) is 0 Å². The Bertz CT molecular complexity index is 1140. The van der Waals surface area contributed by atoms with Crippen molar-refractivity contribution in [3.05, 3.63) is 64.8 Å². The topological polar surface area (TPSA) is 114 Å². The molecule has 35 heavy (non-hydrogen) atoms. The summed E-state index contributed by atoms with van der Waals surface area (Å²) < 4.78 is 19.0. The van der Waals surface area contributed by atoms with E-state index in [0.717, 1.165) is 53.8 Å². The number of aromatic nitrogens is 1. The molecule has 8 nitrogen and oxygen atoms in total. The van der Waals surface area contributed by atoms with Gasteiger partial charge in [-0.2, -0.15) is 0 Å². The van der Waals surface area contributed by atoms with Gasteiger partial charge < -0.3 is 39.2 Å². The van der Waals surface area contributed by atoms with E-state index in [2.05, 4.69) is 0 Å². The van der Waals surface area contributed by atoms with Crippen LogP contribution in [0.5, 0.6) is 5.75 Å². The Balaban J connectivity index is 1.41. The third-order valence-electron chi connectivity index (χ3n) is 6.81. The smallest absolute Gasteiger partial charge is 0.163 e. The molecule has 2 aliphatic heterocycles. The fourth-order valence-electron chi connectivity index (χ4n) is 4.85. The van der Waals surface area contributed by atoms with Crippen LogP contribution in [0.15, 0.2) is 48.7 Å². The molecule has 0 unspecified atom stereocenters. The van der Waals surface area contributed by atoms with Crippen molar-refractivity contribution in [2.75, 3.05) is 19.8 Å². The quantitative estimate of drug-likeness (QED) is 0.408. The highest BCUT2D eigenvalue weighted by atomic mass is 35.5. The van der Waals surface area contributed by atoms with E-state index in [-0.39, 0.29) is 6.10 Å². The molecule has 4 N–H and O–H groups in total. The SMILES string of the molecule is OC[C@H]1O[C@@H](n2cc(Cc3ccc(OC4CCOCC4)cc3)c3ccc(Cl)cc32)[C@H](O)[C@@H](O)[C@@H]1O. The summed E-state index contributed by atoms with van der Waals surface area (Å²) in [5.74, 6) is 0.830. The summed E-state index contributed by atoms with van der Waals surface area (Å²) in [6, 6.07) is 13.5. The van der Waals surface area contributed by atoms with Crippen LogP contribution in [0.1, 0.15) is 30.2 Å². The monoisotopic (exact) mass is 503 g/mol. The summed E-state index contributed by atoms with van der Waals surface area (Å²) in [5, 5.41) is 42.2. The minimum atomic E-state index is -1.46. The molecular formula is C26H30ClNO7. The highest BCUT2D eigenvalue weighted by Crippen LogP contribution is 2.35. The lowest BCUT2D eigenvalue weighted by Crippen LogP contribution is -2.56. The van der Waals surface area contributed by atoms with Crippen LogP contribution in [-0.4, -0.2) is 75.3 Å². The molecule has 0 spiro atoms. The summed E-state index contributed by atoms with van der Waals surface area (Å²) in [6.07, 6.45) is -1.85. The molecule has 2 aliphatic rings. The predicted molar refractivity (Wildman–Crippen MR) is 130 cm³/mol. The molecular weight excluding hydrogens is 474 g/mol. The van der Waals surface area contributed by atoms with Gasteiger partial charge >= 0.3 is 0 Å². The van der Waals surface area contributed by atoms with E-state index in [0.29, 0.717) is 11.4 Å². The van der Waals surface area contributed by atoms with E-state index in [9.17, 15) is 20.4 Å². The lowest BCUT2D eigenvalue weighted by Gasteiger charge is -2.40. The molecule has 5 rings (SSSR count). The Labute approximate surface area is 208 Å². The number of aliphatic hydroxyl groups is 4. The Morgan fingerprint density at radius 3 is 2.43 bits per heavy atom. The van der Waals surface area contributed by atoms with E-state index < -0.39 is 37.3 Å². The number of benzene rings is 2. The van der Waals surface area contributed by atoms with Crippen LogP contribution in [0.2, 0.25) is 5.02 Å². The van der Waals surface area contributed by atoms with Crippen LogP contribution < -0.4 is 4.74 Å². The van der Waals surface area contributed by atoms with Crippen molar-refractivity contribution >= 4 is 22.5 Å². The molecule has 2 fully saturated rings. The zero-order valence-corrected chi connectivity index (χ0v) is 19.9. The first-order valence-corrected chi connectivity index (χ1v) is 12.2. The van der Waals surface area contributed by atoms with Gasteiger partial charge in [0.1, 0.15) is 36.3 Å². The summed E-state index contributed by atoms with van der Waals surface area (Å²) >= 11 is 6.27. The largest absolute Gasteiger partial charge is 0.490 e. The summed E-state index contributed by atoms with van der Waals surface area (Å²) in [5.41, 5.74) is 2.77. The average molecular weight is 504 g/mol. The first-order chi connectivity index (χ1) is 16.9. The van der Waals surface area contributed by atoms with Crippen molar-refractivity contribution < 1.29 is 34.6 Å². The number of ether oxygens (including phenoxy) is 3. The van der Waals surface area contributed by atoms with Crippen molar-refractivity contribution in [1.82, 2.24) is 4.57 Å². The fraction of sp³-hybridized carbons (Fsp3) is 0.462. The summed E-state index contributed by atoms with van der Waals surface area (Å²) in [4.78, 5) is 0. The number of rotatable bonds is 6. The van der Waals surface area contributed by atoms with E-state index in [1.54, 1.807) is 16.7 Å². The molecule has 5 atom stereocenters. The number of aliphatic hydroxyl groups excluding tert-OH is 4. The highest BCUT2D eigenvalue weighted by molar-refractivity contribution is 6.31. The Morgan fingerprint density at radius 2 is 1.71 bits per heavy atom. The van der Waals surface area contributed by atoms with Crippen molar-refractivity contribution in [2.24, 2.45) is 0 Å². The third kappa shape index (κ3) is 5.06. The second kappa shape index (κ2) is 10.4. The molecule has 0 amide bonds. The summed E-state index contributed by atoms with van der Waals surface area (Å²) in [7, 11) is 0. The van der Waals surface area contributed by atoms with Gasteiger partial charge in [-0.25, -0.2) is 0 Å². The van der Waals surface area contributed by atoms with Gasteiger partial charge in [0, 0.05) is 29.4 Å².